The van der Waals surface area contributed by atoms with Crippen molar-refractivity contribution in [1.29, 1.82) is 0 Å². The van der Waals surface area contributed by atoms with Crippen LogP contribution in [0.25, 0.3) is 0 Å². The Morgan fingerprint density at radius 1 is 1.13 bits per heavy atom. The minimum Gasteiger partial charge on any atom is -0.444 e. The number of hydrogen-bond acceptors (Lipinski definition) is 5. The molecule has 0 aliphatic carbocycles. The van der Waals surface area contributed by atoms with Crippen LogP contribution in [0.1, 0.15) is 60.8 Å². The van der Waals surface area contributed by atoms with Gasteiger partial charge in [-0.25, -0.2) is 4.79 Å². The third kappa shape index (κ3) is 8.92. The van der Waals surface area contributed by atoms with Crippen LogP contribution >= 0.6 is 24.0 Å². The number of halogens is 1. The number of alkyl carbamates (subject to hydrolysis) is 1. The van der Waals surface area contributed by atoms with Gasteiger partial charge in [0.2, 0.25) is 0 Å². The van der Waals surface area contributed by atoms with Gasteiger partial charge in [-0.15, -0.1) is 24.0 Å². The van der Waals surface area contributed by atoms with Crippen LogP contribution in [0.2, 0.25) is 0 Å². The molecule has 0 aromatic carbocycles. The van der Waals surface area contributed by atoms with E-state index in [0.29, 0.717) is 12.6 Å². The smallest absolute Gasteiger partial charge is 0.408 e. The Morgan fingerprint density at radius 3 is 2.32 bits per heavy atom. The second-order valence-electron chi connectivity index (χ2n) is 9.32. The van der Waals surface area contributed by atoms with E-state index >= 15 is 0 Å². The molecule has 0 bridgehead atoms. The zero-order chi connectivity index (χ0) is 22.2. The van der Waals surface area contributed by atoms with E-state index in [4.69, 9.17) is 14.5 Å². The lowest BCUT2D eigenvalue weighted by molar-refractivity contribution is 0.0194. The Hall–Kier alpha value is -0.810. The van der Waals surface area contributed by atoms with Crippen LogP contribution in [-0.4, -0.2) is 91.5 Å². The van der Waals surface area contributed by atoms with Crippen molar-refractivity contribution in [2.75, 3.05) is 52.5 Å². The molecule has 0 radical (unpaired) electrons. The number of carbonyl (C=O) groups is 1. The minimum atomic E-state index is -0.514. The van der Waals surface area contributed by atoms with Crippen LogP contribution in [0, 0.1) is 0 Å². The lowest BCUT2D eigenvalue weighted by Crippen LogP contribution is -2.52. The van der Waals surface area contributed by atoms with Crippen molar-refractivity contribution in [3.8, 4) is 0 Å². The maximum absolute atomic E-state index is 12.4. The van der Waals surface area contributed by atoms with Crippen LogP contribution in [0.15, 0.2) is 4.99 Å². The zero-order valence-corrected chi connectivity index (χ0v) is 22.7. The van der Waals surface area contributed by atoms with Gasteiger partial charge in [-0.05, 0) is 47.0 Å². The molecule has 0 saturated carbocycles. The normalized spacial score (nSPS) is 20.9. The molecule has 1 amide bonds. The first kappa shape index (κ1) is 28.2. The molecule has 0 aromatic heterocycles. The molecule has 1 atom stereocenters. The SMILES string of the molecule is CCNC(=NCC(CC)(CC)NC(=O)OC(C)(C)C)N1CCC(N2CCOCC2)C1.I. The fourth-order valence-corrected chi connectivity index (χ4v) is 4.04. The van der Waals surface area contributed by atoms with Gasteiger partial charge in [0.05, 0.1) is 25.3 Å². The first-order valence-electron chi connectivity index (χ1n) is 11.6. The van der Waals surface area contributed by atoms with Gasteiger partial charge in [-0.3, -0.25) is 9.89 Å². The van der Waals surface area contributed by atoms with Crippen molar-refractivity contribution < 1.29 is 14.3 Å². The lowest BCUT2D eigenvalue weighted by atomic mass is 9.93. The lowest BCUT2D eigenvalue weighted by Gasteiger charge is -2.34. The molecule has 2 heterocycles. The minimum absolute atomic E-state index is 0. The number of rotatable bonds is 7. The van der Waals surface area contributed by atoms with Gasteiger partial charge in [0.15, 0.2) is 5.96 Å². The fourth-order valence-electron chi connectivity index (χ4n) is 4.04. The Balaban J connectivity index is 0.00000480. The van der Waals surface area contributed by atoms with Gasteiger partial charge >= 0.3 is 6.09 Å². The van der Waals surface area contributed by atoms with Gasteiger partial charge in [0.25, 0.3) is 0 Å². The number of likely N-dealkylation sites (tertiary alicyclic amines) is 1. The first-order chi connectivity index (χ1) is 14.2. The van der Waals surface area contributed by atoms with Gasteiger partial charge in [-0.1, -0.05) is 13.8 Å². The van der Waals surface area contributed by atoms with E-state index in [1.807, 2.05) is 20.8 Å². The van der Waals surface area contributed by atoms with E-state index in [1.54, 1.807) is 0 Å². The summed E-state index contributed by atoms with van der Waals surface area (Å²) in [6.07, 6.45) is 2.36. The predicted octanol–water partition coefficient (Wildman–Crippen LogP) is 3.06. The molecule has 2 saturated heterocycles. The van der Waals surface area contributed by atoms with Crippen molar-refractivity contribution in [3.63, 3.8) is 0 Å². The molecule has 8 nitrogen and oxygen atoms in total. The predicted molar refractivity (Wildman–Crippen MR) is 136 cm³/mol. The summed E-state index contributed by atoms with van der Waals surface area (Å²) >= 11 is 0. The highest BCUT2D eigenvalue weighted by Crippen LogP contribution is 2.20. The second kappa shape index (κ2) is 13.0. The molecule has 182 valence electrons. The summed E-state index contributed by atoms with van der Waals surface area (Å²) in [4.78, 5) is 22.3. The summed E-state index contributed by atoms with van der Waals surface area (Å²) in [5, 5.41) is 6.55. The largest absolute Gasteiger partial charge is 0.444 e. The maximum atomic E-state index is 12.4. The molecule has 31 heavy (non-hydrogen) atoms. The van der Waals surface area contributed by atoms with Gasteiger partial charge < -0.3 is 25.0 Å². The van der Waals surface area contributed by atoms with E-state index in [2.05, 4.69) is 41.2 Å². The molecule has 2 aliphatic heterocycles. The number of nitrogens with one attached hydrogen (secondary N) is 2. The molecule has 0 spiro atoms. The summed E-state index contributed by atoms with van der Waals surface area (Å²) in [5.41, 5.74) is -0.925. The Kier molecular flexibility index (Phi) is 11.9. The number of morpholine rings is 1. The van der Waals surface area contributed by atoms with E-state index in [0.717, 1.165) is 71.2 Å². The molecule has 0 aromatic rings. The Morgan fingerprint density at radius 2 is 1.77 bits per heavy atom. The average molecular weight is 554 g/mol. The molecular weight excluding hydrogens is 509 g/mol. The maximum Gasteiger partial charge on any atom is 0.408 e. The summed E-state index contributed by atoms with van der Waals surface area (Å²) in [6.45, 7) is 18.9. The summed E-state index contributed by atoms with van der Waals surface area (Å²) < 4.78 is 11.0. The van der Waals surface area contributed by atoms with E-state index in [1.165, 1.54) is 0 Å². The van der Waals surface area contributed by atoms with Gasteiger partial charge in [0, 0.05) is 38.8 Å². The van der Waals surface area contributed by atoms with E-state index < -0.39 is 11.1 Å². The van der Waals surface area contributed by atoms with Crippen LogP contribution in [0.4, 0.5) is 4.79 Å². The number of hydrogen-bond donors (Lipinski definition) is 2. The van der Waals surface area contributed by atoms with Crippen LogP contribution < -0.4 is 10.6 Å². The van der Waals surface area contributed by atoms with Crippen molar-refractivity contribution in [2.45, 2.75) is 78.0 Å². The monoisotopic (exact) mass is 553 g/mol. The number of ether oxygens (including phenoxy) is 2. The summed E-state index contributed by atoms with van der Waals surface area (Å²) in [7, 11) is 0. The van der Waals surface area contributed by atoms with Gasteiger partial charge in [0.1, 0.15) is 5.60 Å². The van der Waals surface area contributed by atoms with E-state index in [-0.39, 0.29) is 30.1 Å². The number of aliphatic imine (C=N–C) groups is 1. The summed E-state index contributed by atoms with van der Waals surface area (Å²) in [5.74, 6) is 0.936. The Bertz CT molecular complexity index is 572. The Labute approximate surface area is 205 Å². The molecular formula is C22H44IN5O3. The van der Waals surface area contributed by atoms with Crippen LogP contribution in [-0.2, 0) is 9.47 Å². The fraction of sp³-hybridized carbons (Fsp3) is 0.909. The van der Waals surface area contributed by atoms with Crippen molar-refractivity contribution in [2.24, 2.45) is 4.99 Å². The summed E-state index contributed by atoms with van der Waals surface area (Å²) in [6, 6.07) is 0.555. The van der Waals surface area contributed by atoms with Crippen molar-refractivity contribution in [3.05, 3.63) is 0 Å². The molecule has 2 fully saturated rings. The third-order valence-corrected chi connectivity index (χ3v) is 6.01. The number of nitrogens with zero attached hydrogens (tertiary/aromatic N) is 3. The molecule has 2 aliphatic rings. The highest BCUT2D eigenvalue weighted by Gasteiger charge is 2.33. The van der Waals surface area contributed by atoms with E-state index in [9.17, 15) is 4.79 Å². The van der Waals surface area contributed by atoms with Crippen LogP contribution in [0.5, 0.6) is 0 Å². The topological polar surface area (TPSA) is 78.4 Å². The zero-order valence-electron chi connectivity index (χ0n) is 20.3. The number of carbonyl (C=O) groups excluding carboxylic acids is 1. The molecule has 2 rings (SSSR count). The number of guanidine groups is 1. The van der Waals surface area contributed by atoms with Crippen LogP contribution in [0.3, 0.4) is 0 Å². The molecule has 2 N–H and O–H groups in total. The number of amides is 1. The standard InChI is InChI=1S/C22H43N5O3.HI/c1-7-22(8-2,25-20(28)30-21(4,5)6)17-24-19(23-9-3)27-11-10-18(16-27)26-12-14-29-15-13-26;/h18H,7-17H2,1-6H3,(H,23,24)(H,25,28);1H. The van der Waals surface area contributed by atoms with Gasteiger partial charge in [-0.2, -0.15) is 0 Å². The second-order valence-corrected chi connectivity index (χ2v) is 9.32. The average Bonchev–Trinajstić information content (AvgIpc) is 3.19. The van der Waals surface area contributed by atoms with Crippen molar-refractivity contribution >= 4 is 36.0 Å². The quantitative estimate of drug-likeness (QED) is 0.287. The molecule has 1 unspecified atom stereocenters. The first-order valence-corrected chi connectivity index (χ1v) is 11.6. The highest BCUT2D eigenvalue weighted by molar-refractivity contribution is 14.0. The molecule has 9 heteroatoms. The highest BCUT2D eigenvalue weighted by atomic mass is 127. The van der Waals surface area contributed by atoms with Crippen molar-refractivity contribution in [1.82, 2.24) is 20.4 Å². The third-order valence-electron chi connectivity index (χ3n) is 6.01.